The van der Waals surface area contributed by atoms with Crippen LogP contribution in [0.4, 0.5) is 10.7 Å². The van der Waals surface area contributed by atoms with E-state index in [2.05, 4.69) is 32.6 Å². The van der Waals surface area contributed by atoms with E-state index in [1.165, 1.54) is 4.90 Å². The molecule has 10 heteroatoms. The summed E-state index contributed by atoms with van der Waals surface area (Å²) < 4.78 is 5.48. The van der Waals surface area contributed by atoms with Crippen LogP contribution in [-0.2, 0) is 9.53 Å². The fraction of sp³-hybridized carbons (Fsp3) is 0.320. The van der Waals surface area contributed by atoms with E-state index in [1.807, 2.05) is 36.4 Å². The van der Waals surface area contributed by atoms with Gasteiger partial charge in [-0.15, -0.1) is 5.10 Å². The summed E-state index contributed by atoms with van der Waals surface area (Å²) >= 11 is 0. The Labute approximate surface area is 200 Å². The van der Waals surface area contributed by atoms with Crippen LogP contribution in [0.25, 0.3) is 11.1 Å². The number of H-pyrrole nitrogens is 1. The van der Waals surface area contributed by atoms with Gasteiger partial charge in [-0.3, -0.25) is 20.0 Å². The number of nitrogens with one attached hydrogen (secondary N) is 2. The fourth-order valence-electron chi connectivity index (χ4n) is 5.42. The second-order valence-corrected chi connectivity index (χ2v) is 9.40. The van der Waals surface area contributed by atoms with Crippen LogP contribution in [0.2, 0.25) is 0 Å². The third-order valence-electron chi connectivity index (χ3n) is 7.37. The third-order valence-corrected chi connectivity index (χ3v) is 7.37. The molecule has 1 unspecified atom stereocenters. The lowest BCUT2D eigenvalue weighted by Gasteiger charge is -2.14. The number of aromatic nitrogens is 3. The van der Waals surface area contributed by atoms with E-state index in [0.717, 1.165) is 35.1 Å². The Hall–Kier alpha value is -4.21. The molecule has 2 aliphatic carbocycles. The number of fused-ring (bicyclic) bond motifs is 3. The van der Waals surface area contributed by atoms with E-state index < -0.39 is 23.9 Å². The molecule has 1 spiro atoms. The van der Waals surface area contributed by atoms with Gasteiger partial charge in [0.25, 0.3) is 11.9 Å². The van der Waals surface area contributed by atoms with E-state index in [1.54, 1.807) is 0 Å². The third kappa shape index (κ3) is 3.61. The highest BCUT2D eigenvalue weighted by Gasteiger charge is 2.59. The summed E-state index contributed by atoms with van der Waals surface area (Å²) in [6, 6.07) is 16.1. The molecule has 3 N–H and O–H groups in total. The molecule has 2 heterocycles. The number of likely N-dealkylation sites (tertiary alicyclic amines) is 1. The quantitative estimate of drug-likeness (QED) is 0.518. The molecular weight excluding hydrogens is 450 g/mol. The summed E-state index contributed by atoms with van der Waals surface area (Å²) in [4.78, 5) is 42.4. The normalized spacial score (nSPS) is 19.3. The summed E-state index contributed by atoms with van der Waals surface area (Å²) in [6.45, 7) is 0.672. The SMILES string of the molecule is O=C(Nc1n[nH]c(C(=O)N2CC(C(=O)O)C3(CC3)C2)n1)OCC1c2ccccc2-c2ccccc21. The van der Waals surface area contributed by atoms with Gasteiger partial charge in [0.2, 0.25) is 5.82 Å². The van der Waals surface area contributed by atoms with Crippen molar-refractivity contribution in [3.8, 4) is 11.1 Å². The van der Waals surface area contributed by atoms with Crippen LogP contribution in [0, 0.1) is 11.3 Å². The Morgan fingerprint density at radius 3 is 2.34 bits per heavy atom. The molecule has 35 heavy (non-hydrogen) atoms. The van der Waals surface area contributed by atoms with Crippen molar-refractivity contribution >= 4 is 23.9 Å². The minimum Gasteiger partial charge on any atom is -0.481 e. The topological polar surface area (TPSA) is 138 Å². The molecule has 6 rings (SSSR count). The monoisotopic (exact) mass is 473 g/mol. The van der Waals surface area contributed by atoms with Crippen molar-refractivity contribution in [3.05, 3.63) is 65.5 Å². The number of rotatable bonds is 5. The number of carbonyl (C=O) groups is 3. The van der Waals surface area contributed by atoms with Gasteiger partial charge in [0.15, 0.2) is 0 Å². The molecule has 10 nitrogen and oxygen atoms in total. The molecule has 2 aromatic carbocycles. The molecule has 0 radical (unpaired) electrons. The van der Waals surface area contributed by atoms with Crippen molar-refractivity contribution in [3.63, 3.8) is 0 Å². The maximum atomic E-state index is 12.8. The number of carbonyl (C=O) groups excluding carboxylic acids is 2. The number of hydrogen-bond donors (Lipinski definition) is 3. The number of benzene rings is 2. The zero-order chi connectivity index (χ0) is 24.2. The molecule has 3 aliphatic rings. The van der Waals surface area contributed by atoms with Crippen LogP contribution in [0.3, 0.4) is 0 Å². The summed E-state index contributed by atoms with van der Waals surface area (Å²) in [5, 5.41) is 18.3. The second-order valence-electron chi connectivity index (χ2n) is 9.40. The molecule has 1 saturated heterocycles. The minimum absolute atomic E-state index is 0.0548. The fourth-order valence-corrected chi connectivity index (χ4v) is 5.42. The van der Waals surface area contributed by atoms with E-state index in [4.69, 9.17) is 4.74 Å². The van der Waals surface area contributed by atoms with Gasteiger partial charge in [0.1, 0.15) is 6.61 Å². The number of anilines is 1. The first-order valence-electron chi connectivity index (χ1n) is 11.5. The van der Waals surface area contributed by atoms with Crippen molar-refractivity contribution in [1.29, 1.82) is 0 Å². The molecule has 1 aliphatic heterocycles. The van der Waals surface area contributed by atoms with Crippen LogP contribution >= 0.6 is 0 Å². The molecule has 2 amide bonds. The zero-order valence-electron chi connectivity index (χ0n) is 18.7. The number of aromatic amines is 1. The Bertz CT molecular complexity index is 1300. The summed E-state index contributed by atoms with van der Waals surface area (Å²) in [5.41, 5.74) is 4.16. The first-order valence-corrected chi connectivity index (χ1v) is 11.5. The molecule has 1 saturated carbocycles. The van der Waals surface area contributed by atoms with Gasteiger partial charge in [0.05, 0.1) is 5.92 Å². The Balaban J connectivity index is 1.09. The number of ether oxygens (including phenoxy) is 1. The highest BCUT2D eigenvalue weighted by Crippen LogP contribution is 2.56. The average Bonchev–Trinajstić information content (AvgIpc) is 3.18. The number of hydrogen-bond acceptors (Lipinski definition) is 6. The second kappa shape index (κ2) is 7.93. The number of carboxylic acids is 1. The summed E-state index contributed by atoms with van der Waals surface area (Å²) in [5.74, 6) is -2.10. The molecule has 1 aromatic heterocycles. The van der Waals surface area contributed by atoms with Crippen molar-refractivity contribution < 1.29 is 24.2 Å². The highest BCUT2D eigenvalue weighted by molar-refractivity contribution is 5.92. The molecular formula is C25H23N5O5. The Kier molecular flexibility index (Phi) is 4.84. The van der Waals surface area contributed by atoms with Gasteiger partial charge >= 0.3 is 12.1 Å². The predicted octanol–water partition coefficient (Wildman–Crippen LogP) is 3.10. The maximum Gasteiger partial charge on any atom is 0.414 e. The first kappa shape index (κ1) is 21.3. The van der Waals surface area contributed by atoms with Crippen LogP contribution < -0.4 is 5.32 Å². The van der Waals surface area contributed by atoms with E-state index >= 15 is 0 Å². The maximum absolute atomic E-state index is 12.8. The summed E-state index contributed by atoms with van der Waals surface area (Å²) in [7, 11) is 0. The van der Waals surface area contributed by atoms with Gasteiger partial charge < -0.3 is 14.7 Å². The van der Waals surface area contributed by atoms with Crippen LogP contribution in [-0.4, -0.2) is 62.9 Å². The summed E-state index contributed by atoms with van der Waals surface area (Å²) in [6.07, 6.45) is 0.881. The van der Waals surface area contributed by atoms with Gasteiger partial charge in [-0.05, 0) is 35.1 Å². The lowest BCUT2D eigenvalue weighted by atomic mass is 9.93. The van der Waals surface area contributed by atoms with Crippen molar-refractivity contribution in [2.45, 2.75) is 18.8 Å². The molecule has 0 bridgehead atoms. The predicted molar refractivity (Wildman–Crippen MR) is 124 cm³/mol. The van der Waals surface area contributed by atoms with Crippen LogP contribution in [0.5, 0.6) is 0 Å². The van der Waals surface area contributed by atoms with Gasteiger partial charge in [-0.1, -0.05) is 48.5 Å². The Morgan fingerprint density at radius 1 is 1.09 bits per heavy atom. The number of nitrogens with zero attached hydrogens (tertiary/aromatic N) is 3. The lowest BCUT2D eigenvalue weighted by molar-refractivity contribution is -0.142. The molecule has 3 aromatic rings. The van der Waals surface area contributed by atoms with Crippen LogP contribution in [0.15, 0.2) is 48.5 Å². The van der Waals surface area contributed by atoms with Gasteiger partial charge in [-0.2, -0.15) is 4.98 Å². The lowest BCUT2D eigenvalue weighted by Crippen LogP contribution is -2.30. The Morgan fingerprint density at radius 2 is 1.74 bits per heavy atom. The molecule has 178 valence electrons. The van der Waals surface area contributed by atoms with E-state index in [0.29, 0.717) is 6.54 Å². The smallest absolute Gasteiger partial charge is 0.414 e. The van der Waals surface area contributed by atoms with Crippen molar-refractivity contribution in [2.24, 2.45) is 11.3 Å². The van der Waals surface area contributed by atoms with Crippen LogP contribution in [0.1, 0.15) is 40.5 Å². The van der Waals surface area contributed by atoms with E-state index in [-0.39, 0.29) is 36.3 Å². The molecule has 1 atom stereocenters. The standard InChI is InChI=1S/C25H23N5O5/c31-21(30-11-19(22(32)33)25(13-30)9-10-25)20-26-23(29-28-20)27-24(34)35-12-18-16-7-3-1-5-14(16)15-6-2-4-8-17(15)18/h1-8,18-19H,9-13H2,(H,32,33)(H2,26,27,28,29,34). The van der Waals surface area contributed by atoms with E-state index in [9.17, 15) is 19.5 Å². The minimum atomic E-state index is -0.881. The van der Waals surface area contributed by atoms with Crippen molar-refractivity contribution in [2.75, 3.05) is 25.0 Å². The highest BCUT2D eigenvalue weighted by atomic mass is 16.5. The number of carboxylic acid groups (broad SMARTS) is 1. The number of amides is 2. The van der Waals surface area contributed by atoms with Gasteiger partial charge in [0, 0.05) is 24.4 Å². The zero-order valence-corrected chi connectivity index (χ0v) is 18.7. The number of aliphatic carboxylic acids is 1. The average molecular weight is 473 g/mol. The van der Waals surface area contributed by atoms with Gasteiger partial charge in [-0.25, -0.2) is 4.79 Å². The molecule has 2 fully saturated rings. The largest absolute Gasteiger partial charge is 0.481 e. The first-order chi connectivity index (χ1) is 16.9. The van der Waals surface area contributed by atoms with Crippen molar-refractivity contribution in [1.82, 2.24) is 20.1 Å².